The molecule has 22 heavy (non-hydrogen) atoms. The predicted molar refractivity (Wildman–Crippen MR) is 69.3 cm³/mol. The van der Waals surface area contributed by atoms with Gasteiger partial charge in [0, 0.05) is 13.1 Å². The lowest BCUT2D eigenvalue weighted by atomic mass is 10.1. The van der Waals surface area contributed by atoms with Crippen LogP contribution in [0.1, 0.15) is 12.0 Å². The van der Waals surface area contributed by atoms with Crippen LogP contribution in [0, 0.1) is 5.92 Å². The van der Waals surface area contributed by atoms with Crippen molar-refractivity contribution < 1.29 is 32.6 Å². The maximum absolute atomic E-state index is 12.5. The fourth-order valence-corrected chi connectivity index (χ4v) is 2.19. The lowest BCUT2D eigenvalue weighted by Gasteiger charge is -2.16. The number of hydrogen-bond donors (Lipinski definition) is 1. The van der Waals surface area contributed by atoms with Gasteiger partial charge in [0.2, 0.25) is 0 Å². The highest BCUT2D eigenvalue weighted by atomic mass is 19.4. The molecule has 1 aliphatic rings. The van der Waals surface area contributed by atoms with Crippen LogP contribution in [0.15, 0.2) is 24.3 Å². The standard InChI is InChI=1S/C14H14F3NO4/c15-14(16,17)10-2-1-3-11(6-10)22-8-12(19)18-5-4-9(7-18)13(20)21/h1-3,6,9H,4-5,7-8H2,(H,20,21)/t9-/m1/s1. The summed E-state index contributed by atoms with van der Waals surface area (Å²) >= 11 is 0. The van der Waals surface area contributed by atoms with Crippen molar-refractivity contribution >= 4 is 11.9 Å². The molecule has 0 aromatic heterocycles. The van der Waals surface area contributed by atoms with Crippen molar-refractivity contribution in [1.82, 2.24) is 4.90 Å². The van der Waals surface area contributed by atoms with E-state index in [9.17, 15) is 22.8 Å². The van der Waals surface area contributed by atoms with Crippen LogP contribution >= 0.6 is 0 Å². The Kier molecular flexibility index (Phi) is 4.58. The van der Waals surface area contributed by atoms with E-state index in [0.717, 1.165) is 12.1 Å². The number of halogens is 3. The van der Waals surface area contributed by atoms with Gasteiger partial charge in [-0.15, -0.1) is 0 Å². The van der Waals surface area contributed by atoms with Crippen LogP contribution in [-0.2, 0) is 15.8 Å². The van der Waals surface area contributed by atoms with Crippen LogP contribution in [0.2, 0.25) is 0 Å². The Balaban J connectivity index is 1.91. The molecule has 120 valence electrons. The second kappa shape index (κ2) is 6.25. The normalized spacial score (nSPS) is 18.3. The Labute approximate surface area is 124 Å². The van der Waals surface area contributed by atoms with Crippen molar-refractivity contribution in [1.29, 1.82) is 0 Å². The summed E-state index contributed by atoms with van der Waals surface area (Å²) in [5, 5.41) is 8.85. The molecule has 5 nitrogen and oxygen atoms in total. The van der Waals surface area contributed by atoms with E-state index < -0.39 is 36.1 Å². The number of carboxylic acid groups (broad SMARTS) is 1. The van der Waals surface area contributed by atoms with Crippen molar-refractivity contribution in [2.45, 2.75) is 12.6 Å². The summed E-state index contributed by atoms with van der Waals surface area (Å²) in [6, 6.07) is 4.25. The number of rotatable bonds is 4. The summed E-state index contributed by atoms with van der Waals surface area (Å²) in [5.74, 6) is -2.06. The van der Waals surface area contributed by atoms with E-state index in [1.54, 1.807) is 0 Å². The Morgan fingerprint density at radius 2 is 2.09 bits per heavy atom. The van der Waals surface area contributed by atoms with Crippen molar-refractivity contribution in [2.75, 3.05) is 19.7 Å². The molecule has 0 radical (unpaired) electrons. The molecule has 1 amide bonds. The number of carbonyl (C=O) groups is 2. The van der Waals surface area contributed by atoms with E-state index in [1.807, 2.05) is 0 Å². The third kappa shape index (κ3) is 3.90. The van der Waals surface area contributed by atoms with Crippen LogP contribution in [0.25, 0.3) is 0 Å². The zero-order chi connectivity index (χ0) is 16.3. The molecule has 1 aromatic rings. The summed E-state index contributed by atoms with van der Waals surface area (Å²) in [4.78, 5) is 24.0. The fourth-order valence-electron chi connectivity index (χ4n) is 2.19. The minimum Gasteiger partial charge on any atom is -0.484 e. The maximum Gasteiger partial charge on any atom is 0.416 e. The molecule has 1 N–H and O–H groups in total. The van der Waals surface area contributed by atoms with Gasteiger partial charge in [0.15, 0.2) is 6.61 Å². The molecule has 1 heterocycles. The van der Waals surface area contributed by atoms with Crippen molar-refractivity contribution in [2.24, 2.45) is 5.92 Å². The first-order valence-electron chi connectivity index (χ1n) is 6.58. The molecular formula is C14H14F3NO4. The average molecular weight is 317 g/mol. The predicted octanol–water partition coefficient (Wildman–Crippen LogP) is 2.02. The first-order chi connectivity index (χ1) is 10.3. The molecule has 1 aromatic carbocycles. The number of benzene rings is 1. The quantitative estimate of drug-likeness (QED) is 0.922. The Hall–Kier alpha value is -2.25. The van der Waals surface area contributed by atoms with Crippen LogP contribution < -0.4 is 4.74 Å². The molecule has 0 unspecified atom stereocenters. The topological polar surface area (TPSA) is 66.8 Å². The average Bonchev–Trinajstić information content (AvgIpc) is 2.94. The highest BCUT2D eigenvalue weighted by Crippen LogP contribution is 2.31. The number of aliphatic carboxylic acids is 1. The van der Waals surface area contributed by atoms with Gasteiger partial charge in [-0.05, 0) is 24.6 Å². The smallest absolute Gasteiger partial charge is 0.416 e. The molecule has 0 saturated carbocycles. The molecule has 0 aliphatic carbocycles. The number of amides is 1. The van der Waals surface area contributed by atoms with Crippen LogP contribution in [0.3, 0.4) is 0 Å². The van der Waals surface area contributed by atoms with Crippen LogP contribution in [-0.4, -0.2) is 41.6 Å². The van der Waals surface area contributed by atoms with E-state index in [4.69, 9.17) is 9.84 Å². The number of carboxylic acids is 1. The number of alkyl halides is 3. The second-order valence-corrected chi connectivity index (χ2v) is 4.98. The summed E-state index contributed by atoms with van der Waals surface area (Å²) in [6.45, 7) is -0.0183. The molecule has 1 atom stereocenters. The summed E-state index contributed by atoms with van der Waals surface area (Å²) in [5.41, 5.74) is -0.857. The third-order valence-corrected chi connectivity index (χ3v) is 3.41. The Bertz CT molecular complexity index is 573. The van der Waals surface area contributed by atoms with Gasteiger partial charge in [-0.25, -0.2) is 0 Å². The number of carbonyl (C=O) groups excluding carboxylic acids is 1. The second-order valence-electron chi connectivity index (χ2n) is 4.98. The third-order valence-electron chi connectivity index (χ3n) is 3.41. The number of likely N-dealkylation sites (tertiary alicyclic amines) is 1. The largest absolute Gasteiger partial charge is 0.484 e. The van der Waals surface area contributed by atoms with Gasteiger partial charge in [-0.1, -0.05) is 6.07 Å². The van der Waals surface area contributed by atoms with E-state index in [1.165, 1.54) is 17.0 Å². The minimum absolute atomic E-state index is 0.0582. The molecule has 0 bridgehead atoms. The summed E-state index contributed by atoms with van der Waals surface area (Å²) < 4.78 is 42.7. The van der Waals surface area contributed by atoms with Gasteiger partial charge in [0.05, 0.1) is 11.5 Å². The summed E-state index contributed by atoms with van der Waals surface area (Å²) in [7, 11) is 0. The fraction of sp³-hybridized carbons (Fsp3) is 0.429. The van der Waals surface area contributed by atoms with Gasteiger partial charge in [-0.2, -0.15) is 13.2 Å². The monoisotopic (exact) mass is 317 g/mol. The molecule has 1 saturated heterocycles. The van der Waals surface area contributed by atoms with E-state index in [-0.39, 0.29) is 12.3 Å². The van der Waals surface area contributed by atoms with Gasteiger partial charge in [0.25, 0.3) is 5.91 Å². The zero-order valence-electron chi connectivity index (χ0n) is 11.5. The van der Waals surface area contributed by atoms with Gasteiger partial charge < -0.3 is 14.7 Å². The van der Waals surface area contributed by atoms with Gasteiger partial charge in [-0.3, -0.25) is 9.59 Å². The maximum atomic E-state index is 12.5. The number of hydrogen-bond acceptors (Lipinski definition) is 3. The van der Waals surface area contributed by atoms with E-state index in [0.29, 0.717) is 13.0 Å². The van der Waals surface area contributed by atoms with Crippen molar-refractivity contribution in [3.63, 3.8) is 0 Å². The van der Waals surface area contributed by atoms with E-state index in [2.05, 4.69) is 0 Å². The molecular weight excluding hydrogens is 303 g/mol. The zero-order valence-corrected chi connectivity index (χ0v) is 11.5. The lowest BCUT2D eigenvalue weighted by Crippen LogP contribution is -2.33. The Morgan fingerprint density at radius 3 is 2.68 bits per heavy atom. The van der Waals surface area contributed by atoms with Gasteiger partial charge in [0.1, 0.15) is 5.75 Å². The highest BCUT2D eigenvalue weighted by Gasteiger charge is 2.32. The lowest BCUT2D eigenvalue weighted by molar-refractivity contribution is -0.141. The molecule has 8 heteroatoms. The SMILES string of the molecule is O=C(O)[C@@H]1CCN(C(=O)COc2cccc(C(F)(F)F)c2)C1. The van der Waals surface area contributed by atoms with Crippen LogP contribution in [0.4, 0.5) is 13.2 Å². The minimum atomic E-state index is -4.48. The molecule has 1 aliphatic heterocycles. The molecule has 1 fully saturated rings. The molecule has 2 rings (SSSR count). The first kappa shape index (κ1) is 16.1. The van der Waals surface area contributed by atoms with Gasteiger partial charge >= 0.3 is 12.1 Å². The number of nitrogens with zero attached hydrogens (tertiary/aromatic N) is 1. The first-order valence-corrected chi connectivity index (χ1v) is 6.58. The van der Waals surface area contributed by atoms with E-state index >= 15 is 0 Å². The van der Waals surface area contributed by atoms with Crippen molar-refractivity contribution in [3.05, 3.63) is 29.8 Å². The van der Waals surface area contributed by atoms with Crippen molar-refractivity contribution in [3.8, 4) is 5.75 Å². The van der Waals surface area contributed by atoms with Crippen LogP contribution in [0.5, 0.6) is 5.75 Å². The Morgan fingerprint density at radius 1 is 1.36 bits per heavy atom. The highest BCUT2D eigenvalue weighted by molar-refractivity contribution is 5.80. The molecule has 0 spiro atoms. The summed E-state index contributed by atoms with van der Waals surface area (Å²) in [6.07, 6.45) is -4.11. The number of ether oxygens (including phenoxy) is 1.